The van der Waals surface area contributed by atoms with Gasteiger partial charge < -0.3 is 15.1 Å². The lowest BCUT2D eigenvalue weighted by atomic mass is 10.0. The van der Waals surface area contributed by atoms with Crippen molar-refractivity contribution >= 4 is 57.4 Å². The highest BCUT2D eigenvalue weighted by atomic mass is 16.3. The summed E-state index contributed by atoms with van der Waals surface area (Å²) in [7, 11) is 0. The molecule has 2 N–H and O–H groups in total. The summed E-state index contributed by atoms with van der Waals surface area (Å²) in [4.78, 5) is 0. The maximum atomic E-state index is 5.97. The third kappa shape index (κ3) is 10.0. The fourth-order valence-electron chi connectivity index (χ4n) is 6.89. The third-order valence-corrected chi connectivity index (χ3v) is 9.72. The van der Waals surface area contributed by atoms with Crippen molar-refractivity contribution in [1.29, 1.82) is 0 Å². The van der Waals surface area contributed by atoms with Crippen molar-refractivity contribution in [2.24, 2.45) is 0 Å². The van der Waals surface area contributed by atoms with Crippen LogP contribution in [0.5, 0.6) is 0 Å². The van der Waals surface area contributed by atoms with E-state index in [4.69, 9.17) is 4.42 Å². The molecular formula is C52H52N2O. The van der Waals surface area contributed by atoms with Gasteiger partial charge in [-0.3, -0.25) is 0 Å². The van der Waals surface area contributed by atoms with Crippen molar-refractivity contribution in [3.8, 4) is 0 Å². The van der Waals surface area contributed by atoms with E-state index >= 15 is 0 Å². The number of anilines is 2. The van der Waals surface area contributed by atoms with Gasteiger partial charge in [-0.2, -0.15) is 0 Å². The molecule has 0 aliphatic heterocycles. The zero-order valence-electron chi connectivity index (χ0n) is 32.6. The van der Waals surface area contributed by atoms with E-state index in [1.54, 1.807) is 0 Å². The summed E-state index contributed by atoms with van der Waals surface area (Å²) in [6.07, 6.45) is 14.6. The van der Waals surface area contributed by atoms with Gasteiger partial charge in [0.2, 0.25) is 0 Å². The fourth-order valence-corrected chi connectivity index (χ4v) is 6.89. The number of fused-ring (bicyclic) bond motifs is 3. The van der Waals surface area contributed by atoms with E-state index in [1.807, 2.05) is 38.1 Å². The zero-order valence-corrected chi connectivity index (χ0v) is 32.6. The highest BCUT2D eigenvalue weighted by molar-refractivity contribution is 5.86. The molecule has 0 saturated carbocycles. The summed E-state index contributed by atoms with van der Waals surface area (Å²) >= 11 is 0. The molecule has 9 rings (SSSR count). The second-order valence-electron chi connectivity index (χ2n) is 13.5. The lowest BCUT2D eigenvalue weighted by molar-refractivity contribution is 0.572. The number of rotatable bonds is 5. The van der Waals surface area contributed by atoms with Crippen LogP contribution in [0.1, 0.15) is 51.2 Å². The molecule has 1 heterocycles. The van der Waals surface area contributed by atoms with Gasteiger partial charge in [-0.25, -0.2) is 0 Å². The Bertz CT molecular complexity index is 2650. The van der Waals surface area contributed by atoms with Crippen LogP contribution in [0.4, 0.5) is 11.4 Å². The Labute approximate surface area is 326 Å². The third-order valence-electron chi connectivity index (χ3n) is 9.72. The summed E-state index contributed by atoms with van der Waals surface area (Å²) < 4.78 is 5.97. The molecule has 0 fully saturated rings. The second-order valence-corrected chi connectivity index (χ2v) is 13.5. The van der Waals surface area contributed by atoms with Crippen LogP contribution < -0.4 is 31.7 Å². The maximum absolute atomic E-state index is 5.97. The predicted molar refractivity (Wildman–Crippen MR) is 239 cm³/mol. The summed E-state index contributed by atoms with van der Waals surface area (Å²) in [5.74, 6) is 0. The van der Waals surface area contributed by atoms with E-state index in [0.29, 0.717) is 6.04 Å². The normalized spacial score (nSPS) is 14.5. The molecule has 3 nitrogen and oxygen atoms in total. The van der Waals surface area contributed by atoms with Crippen molar-refractivity contribution in [2.75, 3.05) is 10.6 Å². The van der Waals surface area contributed by atoms with E-state index in [9.17, 15) is 0 Å². The van der Waals surface area contributed by atoms with Crippen molar-refractivity contribution in [3.05, 3.63) is 202 Å². The predicted octanol–water partition coefficient (Wildman–Crippen LogP) is 11.0. The van der Waals surface area contributed by atoms with Gasteiger partial charge >= 0.3 is 0 Å². The van der Waals surface area contributed by atoms with E-state index in [0.717, 1.165) is 52.1 Å². The molecule has 6 aromatic carbocycles. The number of benzene rings is 6. The topological polar surface area (TPSA) is 37.2 Å². The number of allylic oxidation sites excluding steroid dienone is 3. The van der Waals surface area contributed by atoms with Crippen molar-refractivity contribution in [1.82, 2.24) is 0 Å². The molecule has 3 heteroatoms. The summed E-state index contributed by atoms with van der Waals surface area (Å²) in [5, 5.41) is 14.3. The van der Waals surface area contributed by atoms with Gasteiger partial charge in [0.25, 0.3) is 0 Å². The fraction of sp³-hybridized carbons (Fsp3) is 0.154. The number of hydrogen-bond acceptors (Lipinski definition) is 3. The van der Waals surface area contributed by atoms with Crippen LogP contribution in [0.3, 0.4) is 0 Å². The van der Waals surface area contributed by atoms with Crippen LogP contribution in [0.2, 0.25) is 0 Å². The molecule has 55 heavy (non-hydrogen) atoms. The number of nitrogens with one attached hydrogen (secondary N) is 2. The van der Waals surface area contributed by atoms with Gasteiger partial charge in [0.05, 0.1) is 0 Å². The summed E-state index contributed by atoms with van der Waals surface area (Å²) in [5.41, 5.74) is 8.92. The Morgan fingerprint density at radius 2 is 1.36 bits per heavy atom. The number of furan rings is 1. The van der Waals surface area contributed by atoms with Gasteiger partial charge in [-0.15, -0.1) is 0 Å². The molecule has 276 valence electrons. The van der Waals surface area contributed by atoms with E-state index in [2.05, 4.69) is 183 Å². The highest BCUT2D eigenvalue weighted by Crippen LogP contribution is 2.21. The maximum Gasteiger partial charge on any atom is 0.138 e. The van der Waals surface area contributed by atoms with Crippen LogP contribution >= 0.6 is 0 Å². The van der Waals surface area contributed by atoms with Gasteiger partial charge in [0.1, 0.15) is 11.0 Å². The number of para-hydroxylation sites is 2. The van der Waals surface area contributed by atoms with Gasteiger partial charge in [0, 0.05) is 33.7 Å². The monoisotopic (exact) mass is 720 g/mol. The number of aryl methyl sites for hydroxylation is 1. The van der Waals surface area contributed by atoms with Crippen LogP contribution in [-0.2, 0) is 0 Å². The molecule has 7 aromatic rings. The van der Waals surface area contributed by atoms with E-state index in [1.165, 1.54) is 43.7 Å². The van der Waals surface area contributed by atoms with Crippen molar-refractivity contribution in [2.45, 2.75) is 53.0 Å². The smallest absolute Gasteiger partial charge is 0.138 e. The highest BCUT2D eigenvalue weighted by Gasteiger charge is 2.08. The minimum Gasteiger partial charge on any atom is -0.456 e. The molecule has 2 aliphatic carbocycles. The van der Waals surface area contributed by atoms with E-state index in [-0.39, 0.29) is 0 Å². The second kappa shape index (κ2) is 19.1. The molecule has 0 saturated heterocycles. The van der Waals surface area contributed by atoms with E-state index < -0.39 is 0 Å². The van der Waals surface area contributed by atoms with Crippen molar-refractivity contribution < 1.29 is 4.42 Å². The summed E-state index contributed by atoms with van der Waals surface area (Å²) in [6.45, 7) is 12.4. The molecule has 0 amide bonds. The standard InChI is InChI=1S/C18H16O.2C16H15N.C2H6/c1-12-8-4-5-9-15(12)13(2)18-14(3)16-10-6-7-11-17(16)19-18;2*1-2-8-15(9-3-1)17-16-11-10-13-6-4-5-7-14(13)12-16;1-2/h4-11H,3H2,1-2H3;2,4-12,17H,1,3H2;1-10,12,16-17H,11H2;1-2H3/b18-13+;;;. The average molecular weight is 721 g/mol. The zero-order chi connectivity index (χ0) is 38.4. The summed E-state index contributed by atoms with van der Waals surface area (Å²) in [6, 6.07) is 50.6. The Kier molecular flexibility index (Phi) is 13.4. The lowest BCUT2D eigenvalue weighted by Crippen LogP contribution is -2.32. The lowest BCUT2D eigenvalue weighted by Gasteiger charge is -2.17. The Hall–Kier alpha value is -6.32. The first-order valence-corrected chi connectivity index (χ1v) is 19.5. The van der Waals surface area contributed by atoms with Crippen LogP contribution in [0.15, 0.2) is 174 Å². The molecule has 0 spiro atoms. The van der Waals surface area contributed by atoms with Crippen LogP contribution in [0.25, 0.3) is 46.0 Å². The van der Waals surface area contributed by atoms with Gasteiger partial charge in [0.15, 0.2) is 0 Å². The Morgan fingerprint density at radius 1 is 0.673 bits per heavy atom. The van der Waals surface area contributed by atoms with Crippen LogP contribution in [0, 0.1) is 6.92 Å². The Balaban J connectivity index is 0.000000137. The SMILES string of the molecule is C1=CC(Nc2ccc3ccccc3c2)=CCC1.C1=c2ccccc2=CC(Nc2ccccc2)C1.C=c1/c(=C(/C)c2ccccc2C)oc2ccccc12.CC. The molecular weight excluding hydrogens is 669 g/mol. The minimum absolute atomic E-state index is 0.396. The van der Waals surface area contributed by atoms with Crippen molar-refractivity contribution in [3.63, 3.8) is 0 Å². The first-order chi connectivity index (χ1) is 27.0. The first-order valence-electron chi connectivity index (χ1n) is 19.5. The average Bonchev–Trinajstić information content (AvgIpc) is 3.58. The molecule has 1 atom stereocenters. The van der Waals surface area contributed by atoms with Gasteiger partial charge in [-0.1, -0.05) is 160 Å². The quantitative estimate of drug-likeness (QED) is 0.186. The molecule has 0 radical (unpaired) electrons. The largest absolute Gasteiger partial charge is 0.456 e. The van der Waals surface area contributed by atoms with Gasteiger partial charge in [-0.05, 0) is 107 Å². The molecule has 1 aromatic heterocycles. The Morgan fingerprint density at radius 3 is 2.13 bits per heavy atom. The molecule has 2 aliphatic rings. The molecule has 1 unspecified atom stereocenters. The first kappa shape index (κ1) is 38.4. The minimum atomic E-state index is 0.396. The molecule has 0 bridgehead atoms. The van der Waals surface area contributed by atoms with Crippen LogP contribution in [-0.4, -0.2) is 6.04 Å². The number of hydrogen-bond donors (Lipinski definition) is 2.